The molecule has 0 radical (unpaired) electrons. The Hall–Kier alpha value is -2.35. The molecule has 0 atom stereocenters. The van der Waals surface area contributed by atoms with Gasteiger partial charge in [0.15, 0.2) is 5.17 Å². The fourth-order valence-electron chi connectivity index (χ4n) is 1.51. The van der Waals surface area contributed by atoms with Crippen LogP contribution in [0.4, 0.5) is 5.69 Å². The van der Waals surface area contributed by atoms with Crippen LogP contribution < -0.4 is 10.5 Å². The van der Waals surface area contributed by atoms with Gasteiger partial charge in [-0.1, -0.05) is 0 Å². The number of ether oxygens (including phenoxy) is 1. The summed E-state index contributed by atoms with van der Waals surface area (Å²) in [6.07, 6.45) is 1.47. The first-order chi connectivity index (χ1) is 9.01. The first kappa shape index (κ1) is 13.1. The van der Waals surface area contributed by atoms with Crippen molar-refractivity contribution < 1.29 is 14.5 Å². The maximum Gasteiger partial charge on any atom is 0.286 e. The Morgan fingerprint density at radius 3 is 2.79 bits per heavy atom. The molecule has 0 unspecified atom stereocenters. The lowest BCUT2D eigenvalue weighted by atomic mass is 10.1. The molecule has 0 aromatic heterocycles. The quantitative estimate of drug-likeness (QED) is 0.510. The number of non-ortho nitro benzene ring substituents is 1. The lowest BCUT2D eigenvalue weighted by Gasteiger charge is -2.04. The van der Waals surface area contributed by atoms with Gasteiger partial charge in [0.2, 0.25) is 0 Å². The minimum absolute atomic E-state index is 0.0861. The van der Waals surface area contributed by atoms with Gasteiger partial charge in [0.1, 0.15) is 5.75 Å². The lowest BCUT2D eigenvalue weighted by Crippen LogP contribution is -2.01. The molecule has 1 aliphatic heterocycles. The van der Waals surface area contributed by atoms with Crippen molar-refractivity contribution in [1.29, 1.82) is 0 Å². The summed E-state index contributed by atoms with van der Waals surface area (Å²) < 4.78 is 5.10. The van der Waals surface area contributed by atoms with Crippen LogP contribution in [-0.2, 0) is 4.79 Å². The lowest BCUT2D eigenvalue weighted by molar-refractivity contribution is -0.384. The smallest absolute Gasteiger partial charge is 0.286 e. The monoisotopic (exact) mass is 279 g/mol. The van der Waals surface area contributed by atoms with E-state index in [1.165, 1.54) is 31.4 Å². The van der Waals surface area contributed by atoms with Gasteiger partial charge in [-0.25, -0.2) is 0 Å². The molecule has 0 saturated carbocycles. The van der Waals surface area contributed by atoms with Crippen LogP contribution >= 0.6 is 11.8 Å². The summed E-state index contributed by atoms with van der Waals surface area (Å²) in [6.45, 7) is 0. The molecule has 7 nitrogen and oxygen atoms in total. The predicted octanol–water partition coefficient (Wildman–Crippen LogP) is 1.53. The molecule has 0 bridgehead atoms. The van der Waals surface area contributed by atoms with Gasteiger partial charge in [0, 0.05) is 17.7 Å². The van der Waals surface area contributed by atoms with E-state index in [2.05, 4.69) is 4.99 Å². The highest BCUT2D eigenvalue weighted by molar-refractivity contribution is 8.18. The topological polar surface area (TPSA) is 108 Å². The first-order valence-electron chi connectivity index (χ1n) is 5.11. The van der Waals surface area contributed by atoms with Crippen LogP contribution in [0, 0.1) is 10.1 Å². The minimum atomic E-state index is -0.518. The van der Waals surface area contributed by atoms with Crippen molar-refractivity contribution in [2.75, 3.05) is 7.11 Å². The molecule has 0 aliphatic carbocycles. The predicted molar refractivity (Wildman–Crippen MR) is 71.8 cm³/mol. The standard InChI is InChI=1S/C11H9N3O4S/c1-18-8-3-2-7(14(16)17)4-6(8)5-9-10(15)13-11(12)19-9/h2-5H,1H3,(H2,12,13,15)/b9-5+. The Bertz CT molecular complexity index is 624. The number of nitro groups is 1. The Kier molecular flexibility index (Phi) is 3.52. The number of nitrogens with zero attached hydrogens (tertiary/aromatic N) is 2. The number of hydrogen-bond donors (Lipinski definition) is 1. The molecule has 1 aliphatic rings. The summed E-state index contributed by atoms with van der Waals surface area (Å²) >= 11 is 1.02. The third kappa shape index (κ3) is 2.74. The molecule has 2 N–H and O–H groups in total. The van der Waals surface area contributed by atoms with Crippen molar-refractivity contribution >= 4 is 34.6 Å². The van der Waals surface area contributed by atoms with Gasteiger partial charge in [0.25, 0.3) is 11.6 Å². The van der Waals surface area contributed by atoms with E-state index in [-0.39, 0.29) is 10.9 Å². The molecule has 19 heavy (non-hydrogen) atoms. The number of carbonyl (C=O) groups is 1. The Morgan fingerprint density at radius 1 is 1.53 bits per heavy atom. The van der Waals surface area contributed by atoms with Crippen molar-refractivity contribution in [3.05, 3.63) is 38.8 Å². The van der Waals surface area contributed by atoms with Gasteiger partial charge < -0.3 is 10.5 Å². The van der Waals surface area contributed by atoms with E-state index < -0.39 is 10.8 Å². The maximum absolute atomic E-state index is 11.5. The third-order valence-corrected chi connectivity index (χ3v) is 3.16. The number of thioether (sulfide) groups is 1. The molecule has 0 saturated heterocycles. The summed E-state index contributed by atoms with van der Waals surface area (Å²) in [5.74, 6) is -0.0342. The summed E-state index contributed by atoms with van der Waals surface area (Å²) in [5, 5.41) is 10.9. The molecule has 0 fully saturated rings. The number of nitro benzene ring substituents is 1. The zero-order valence-corrected chi connectivity index (χ0v) is 10.6. The van der Waals surface area contributed by atoms with Gasteiger partial charge in [-0.3, -0.25) is 14.9 Å². The van der Waals surface area contributed by atoms with Gasteiger partial charge in [-0.2, -0.15) is 4.99 Å². The SMILES string of the molecule is COc1ccc([N+](=O)[O-])cc1/C=C1/SC(N)=NC1=O. The maximum atomic E-state index is 11.5. The van der Waals surface area contributed by atoms with Crippen LogP contribution in [0.3, 0.4) is 0 Å². The molecular formula is C11H9N3O4S. The van der Waals surface area contributed by atoms with Gasteiger partial charge in [-0.05, 0) is 23.9 Å². The normalized spacial score (nSPS) is 16.6. The van der Waals surface area contributed by atoms with Crippen molar-refractivity contribution in [2.45, 2.75) is 0 Å². The number of benzene rings is 1. The van der Waals surface area contributed by atoms with Crippen molar-refractivity contribution in [3.8, 4) is 5.75 Å². The zero-order chi connectivity index (χ0) is 14.0. The summed E-state index contributed by atoms with van der Waals surface area (Å²) in [5.41, 5.74) is 5.77. The van der Waals surface area contributed by atoms with Gasteiger partial charge in [0.05, 0.1) is 16.9 Å². The minimum Gasteiger partial charge on any atom is -0.496 e. The Balaban J connectivity index is 2.44. The number of amides is 1. The highest BCUT2D eigenvalue weighted by Crippen LogP contribution is 2.31. The Labute approximate surface area is 112 Å². The third-order valence-electron chi connectivity index (χ3n) is 2.35. The van der Waals surface area contributed by atoms with E-state index in [4.69, 9.17) is 10.5 Å². The first-order valence-corrected chi connectivity index (χ1v) is 5.93. The van der Waals surface area contributed by atoms with Crippen LogP contribution in [-0.4, -0.2) is 23.1 Å². The van der Waals surface area contributed by atoms with Crippen LogP contribution in [0.15, 0.2) is 28.1 Å². The van der Waals surface area contributed by atoms with Gasteiger partial charge >= 0.3 is 0 Å². The molecule has 1 aromatic rings. The Morgan fingerprint density at radius 2 is 2.26 bits per heavy atom. The average Bonchev–Trinajstić information content (AvgIpc) is 2.67. The molecule has 1 heterocycles. The molecule has 1 aromatic carbocycles. The van der Waals surface area contributed by atoms with Crippen LogP contribution in [0.5, 0.6) is 5.75 Å². The van der Waals surface area contributed by atoms with Crippen molar-refractivity contribution in [1.82, 2.24) is 0 Å². The van der Waals surface area contributed by atoms with Crippen LogP contribution in [0.1, 0.15) is 5.56 Å². The second-order valence-electron chi connectivity index (χ2n) is 3.55. The van der Waals surface area contributed by atoms with E-state index in [9.17, 15) is 14.9 Å². The van der Waals surface area contributed by atoms with E-state index >= 15 is 0 Å². The number of carbonyl (C=O) groups excluding carboxylic acids is 1. The van der Waals surface area contributed by atoms with Crippen molar-refractivity contribution in [3.63, 3.8) is 0 Å². The molecule has 98 valence electrons. The fourth-order valence-corrected chi connectivity index (χ4v) is 2.19. The van der Waals surface area contributed by atoms with Crippen LogP contribution in [0.2, 0.25) is 0 Å². The number of hydrogen-bond acceptors (Lipinski definition) is 6. The van der Waals surface area contributed by atoms with E-state index in [0.717, 1.165) is 11.8 Å². The summed E-state index contributed by atoms with van der Waals surface area (Å²) in [7, 11) is 1.44. The molecule has 1 amide bonds. The molecule has 2 rings (SSSR count). The van der Waals surface area contributed by atoms with Crippen LogP contribution in [0.25, 0.3) is 6.08 Å². The zero-order valence-electron chi connectivity index (χ0n) is 9.82. The largest absolute Gasteiger partial charge is 0.496 e. The second kappa shape index (κ2) is 5.11. The number of aliphatic imine (C=N–C) groups is 1. The summed E-state index contributed by atoms with van der Waals surface area (Å²) in [6, 6.07) is 4.13. The van der Waals surface area contributed by atoms with Crippen molar-refractivity contribution in [2.24, 2.45) is 10.7 Å². The molecule has 0 spiro atoms. The number of rotatable bonds is 3. The highest BCUT2D eigenvalue weighted by atomic mass is 32.2. The number of nitrogens with two attached hydrogens (primary N) is 1. The van der Waals surface area contributed by atoms with E-state index in [1.807, 2.05) is 0 Å². The molecule has 8 heteroatoms. The fraction of sp³-hybridized carbons (Fsp3) is 0.0909. The van der Waals surface area contributed by atoms with Gasteiger partial charge in [-0.15, -0.1) is 0 Å². The molecular weight excluding hydrogens is 270 g/mol. The highest BCUT2D eigenvalue weighted by Gasteiger charge is 2.20. The summed E-state index contributed by atoms with van der Waals surface area (Å²) in [4.78, 5) is 25.6. The average molecular weight is 279 g/mol. The van der Waals surface area contributed by atoms with E-state index in [1.54, 1.807) is 0 Å². The van der Waals surface area contributed by atoms with E-state index in [0.29, 0.717) is 16.2 Å². The second-order valence-corrected chi connectivity index (χ2v) is 4.61. The number of methoxy groups -OCH3 is 1. The number of amidine groups is 1.